The molecule has 0 saturated heterocycles. The summed E-state index contributed by atoms with van der Waals surface area (Å²) in [5, 5.41) is 7.72. The molecule has 0 aliphatic carbocycles. The van der Waals surface area contributed by atoms with Crippen molar-refractivity contribution in [3.8, 4) is 0 Å². The highest BCUT2D eigenvalue weighted by molar-refractivity contribution is 7.11. The van der Waals surface area contributed by atoms with Crippen LogP contribution >= 0.6 is 11.3 Å². The number of benzene rings is 2. The van der Waals surface area contributed by atoms with Crippen LogP contribution in [0.3, 0.4) is 0 Å². The molecule has 3 rings (SSSR count). The normalized spacial score (nSPS) is 10.7. The molecule has 0 aliphatic rings. The van der Waals surface area contributed by atoms with Gasteiger partial charge < -0.3 is 10.6 Å². The van der Waals surface area contributed by atoms with Gasteiger partial charge in [0.15, 0.2) is 0 Å². The van der Waals surface area contributed by atoms with E-state index in [-0.39, 0.29) is 24.8 Å². The molecule has 0 aliphatic heterocycles. The Morgan fingerprint density at radius 1 is 0.885 bits per heavy atom. The van der Waals surface area contributed by atoms with Crippen LogP contribution in [0.2, 0.25) is 0 Å². The van der Waals surface area contributed by atoms with Crippen molar-refractivity contribution in [1.82, 2.24) is 10.6 Å². The van der Waals surface area contributed by atoms with E-state index >= 15 is 0 Å². The van der Waals surface area contributed by atoms with Gasteiger partial charge in [-0.1, -0.05) is 49.4 Å². The highest BCUT2D eigenvalue weighted by Gasteiger charge is 2.09. The summed E-state index contributed by atoms with van der Waals surface area (Å²) >= 11 is 1.70. The van der Waals surface area contributed by atoms with Gasteiger partial charge in [-0.25, -0.2) is 0 Å². The second-order valence-electron chi connectivity index (χ2n) is 6.09. The number of hydrogen-bond acceptors (Lipinski definition) is 3. The molecule has 0 radical (unpaired) electrons. The molecule has 1 heterocycles. The highest BCUT2D eigenvalue weighted by Crippen LogP contribution is 2.19. The zero-order chi connectivity index (χ0) is 18.4. The third-order valence-electron chi connectivity index (χ3n) is 4.20. The Labute approximate surface area is 157 Å². The minimum absolute atomic E-state index is 0.00436. The molecule has 0 fully saturated rings. The standard InChI is InChI=1S/C21H22N2O2S/c1-2-17-10-11-18(26-17)13-22-21(25)14-23-20(24)12-16-8-5-7-15-6-3-4-9-19(15)16/h3-11H,2,12-14H2,1H3,(H,22,25)(H,23,24). The molecule has 134 valence electrons. The predicted octanol–water partition coefficient (Wildman–Crippen LogP) is 3.44. The molecule has 1 aromatic heterocycles. The van der Waals surface area contributed by atoms with Crippen LogP contribution in [0, 0.1) is 0 Å². The molecule has 2 amide bonds. The van der Waals surface area contributed by atoms with Gasteiger partial charge in [-0.3, -0.25) is 9.59 Å². The summed E-state index contributed by atoms with van der Waals surface area (Å²) in [4.78, 5) is 26.6. The Balaban J connectivity index is 1.48. The van der Waals surface area contributed by atoms with E-state index in [1.54, 1.807) is 11.3 Å². The van der Waals surface area contributed by atoms with Crippen LogP contribution in [0.5, 0.6) is 0 Å². The molecule has 0 bridgehead atoms. The molecule has 0 spiro atoms. The first-order valence-electron chi connectivity index (χ1n) is 8.73. The van der Waals surface area contributed by atoms with Crippen molar-refractivity contribution in [2.75, 3.05) is 6.54 Å². The Bertz CT molecular complexity index is 912. The van der Waals surface area contributed by atoms with E-state index < -0.39 is 0 Å². The van der Waals surface area contributed by atoms with E-state index in [4.69, 9.17) is 0 Å². The SMILES string of the molecule is CCc1ccc(CNC(=O)CNC(=O)Cc2cccc3ccccc23)s1. The summed E-state index contributed by atoms with van der Waals surface area (Å²) < 4.78 is 0. The molecular formula is C21H22N2O2S. The van der Waals surface area contributed by atoms with Gasteiger partial charge in [0, 0.05) is 9.75 Å². The van der Waals surface area contributed by atoms with Crippen LogP contribution in [0.1, 0.15) is 22.2 Å². The lowest BCUT2D eigenvalue weighted by molar-refractivity contribution is -0.125. The lowest BCUT2D eigenvalue weighted by Gasteiger charge is -2.08. The second-order valence-corrected chi connectivity index (χ2v) is 7.34. The summed E-state index contributed by atoms with van der Waals surface area (Å²) in [6.07, 6.45) is 1.27. The average molecular weight is 366 g/mol. The van der Waals surface area contributed by atoms with Crippen molar-refractivity contribution in [2.24, 2.45) is 0 Å². The van der Waals surface area contributed by atoms with Crippen LogP contribution in [-0.4, -0.2) is 18.4 Å². The second kappa shape index (κ2) is 8.63. The number of thiophene rings is 1. The largest absolute Gasteiger partial charge is 0.350 e. The van der Waals surface area contributed by atoms with E-state index in [1.807, 2.05) is 48.5 Å². The fourth-order valence-corrected chi connectivity index (χ4v) is 3.71. The van der Waals surface area contributed by atoms with Gasteiger partial charge in [0.1, 0.15) is 0 Å². The molecule has 3 aromatic rings. The third kappa shape index (κ3) is 4.70. The summed E-state index contributed by atoms with van der Waals surface area (Å²) in [5.74, 6) is -0.330. The van der Waals surface area contributed by atoms with Crippen LogP contribution < -0.4 is 10.6 Å². The average Bonchev–Trinajstić information content (AvgIpc) is 3.13. The number of nitrogens with one attached hydrogen (secondary N) is 2. The van der Waals surface area contributed by atoms with E-state index in [9.17, 15) is 9.59 Å². The lowest BCUT2D eigenvalue weighted by atomic mass is 10.0. The summed E-state index contributed by atoms with van der Waals surface area (Å²) in [6, 6.07) is 18.0. The fourth-order valence-electron chi connectivity index (χ4n) is 2.82. The molecule has 0 saturated carbocycles. The predicted molar refractivity (Wildman–Crippen MR) is 106 cm³/mol. The quantitative estimate of drug-likeness (QED) is 0.673. The van der Waals surface area contributed by atoms with Crippen LogP contribution in [-0.2, 0) is 29.0 Å². The smallest absolute Gasteiger partial charge is 0.239 e. The number of fused-ring (bicyclic) bond motifs is 1. The van der Waals surface area contributed by atoms with E-state index in [0.717, 1.165) is 27.6 Å². The summed E-state index contributed by atoms with van der Waals surface area (Å²) in [6.45, 7) is 2.61. The first kappa shape index (κ1) is 18.1. The molecule has 2 aromatic carbocycles. The van der Waals surface area contributed by atoms with Crippen LogP contribution in [0.25, 0.3) is 10.8 Å². The van der Waals surface area contributed by atoms with Gasteiger partial charge in [-0.05, 0) is 34.9 Å². The van der Waals surface area contributed by atoms with Gasteiger partial charge >= 0.3 is 0 Å². The molecule has 26 heavy (non-hydrogen) atoms. The Kier molecular flexibility index (Phi) is 6.02. The van der Waals surface area contributed by atoms with E-state index in [0.29, 0.717) is 6.54 Å². The van der Waals surface area contributed by atoms with Crippen molar-refractivity contribution in [2.45, 2.75) is 26.3 Å². The minimum Gasteiger partial charge on any atom is -0.350 e. The van der Waals surface area contributed by atoms with Crippen LogP contribution in [0.15, 0.2) is 54.6 Å². The first-order chi connectivity index (χ1) is 12.7. The number of carbonyl (C=O) groups is 2. The maximum absolute atomic E-state index is 12.2. The van der Waals surface area contributed by atoms with Gasteiger partial charge in [0.25, 0.3) is 0 Å². The number of aryl methyl sites for hydroxylation is 1. The number of carbonyl (C=O) groups excluding carboxylic acids is 2. The first-order valence-corrected chi connectivity index (χ1v) is 9.55. The van der Waals surface area contributed by atoms with E-state index in [2.05, 4.69) is 23.6 Å². The fraction of sp³-hybridized carbons (Fsp3) is 0.238. The van der Waals surface area contributed by atoms with Gasteiger partial charge in [0.2, 0.25) is 11.8 Å². The zero-order valence-electron chi connectivity index (χ0n) is 14.7. The molecule has 5 heteroatoms. The number of amides is 2. The highest BCUT2D eigenvalue weighted by atomic mass is 32.1. The van der Waals surface area contributed by atoms with Crippen molar-refractivity contribution in [3.05, 3.63) is 69.9 Å². The molecule has 4 nitrogen and oxygen atoms in total. The lowest BCUT2D eigenvalue weighted by Crippen LogP contribution is -2.37. The monoisotopic (exact) mass is 366 g/mol. The molecule has 0 atom stereocenters. The minimum atomic E-state index is -0.178. The number of rotatable bonds is 7. The Morgan fingerprint density at radius 2 is 1.65 bits per heavy atom. The van der Waals surface area contributed by atoms with Crippen molar-refractivity contribution < 1.29 is 9.59 Å². The molecule has 2 N–H and O–H groups in total. The summed E-state index contributed by atoms with van der Waals surface area (Å²) in [7, 11) is 0. The zero-order valence-corrected chi connectivity index (χ0v) is 15.6. The number of hydrogen-bond donors (Lipinski definition) is 2. The van der Waals surface area contributed by atoms with Gasteiger partial charge in [0.05, 0.1) is 19.5 Å². The van der Waals surface area contributed by atoms with Crippen molar-refractivity contribution in [1.29, 1.82) is 0 Å². The third-order valence-corrected chi connectivity index (χ3v) is 5.43. The van der Waals surface area contributed by atoms with Crippen molar-refractivity contribution >= 4 is 33.9 Å². The molecule has 0 unspecified atom stereocenters. The van der Waals surface area contributed by atoms with E-state index in [1.165, 1.54) is 4.88 Å². The van der Waals surface area contributed by atoms with Crippen molar-refractivity contribution in [3.63, 3.8) is 0 Å². The molecular weight excluding hydrogens is 344 g/mol. The van der Waals surface area contributed by atoms with Gasteiger partial charge in [-0.2, -0.15) is 0 Å². The summed E-state index contributed by atoms with van der Waals surface area (Å²) in [5.41, 5.74) is 0.965. The maximum Gasteiger partial charge on any atom is 0.239 e. The van der Waals surface area contributed by atoms with Crippen LogP contribution in [0.4, 0.5) is 0 Å². The maximum atomic E-state index is 12.2. The Hall–Kier alpha value is -2.66. The van der Waals surface area contributed by atoms with Gasteiger partial charge in [-0.15, -0.1) is 11.3 Å². The topological polar surface area (TPSA) is 58.2 Å². The Morgan fingerprint density at radius 3 is 2.46 bits per heavy atom.